The van der Waals surface area contributed by atoms with Crippen molar-refractivity contribution in [2.75, 3.05) is 0 Å². The van der Waals surface area contributed by atoms with Crippen LogP contribution in [0.3, 0.4) is 0 Å². The summed E-state index contributed by atoms with van der Waals surface area (Å²) in [6.45, 7) is 12.6. The number of nitrogens with zero attached hydrogens (tertiary/aromatic N) is 2. The van der Waals surface area contributed by atoms with Crippen LogP contribution in [0.4, 0.5) is 0 Å². The van der Waals surface area contributed by atoms with E-state index in [0.717, 1.165) is 21.9 Å². The third-order valence-corrected chi connectivity index (χ3v) is 4.04. The Kier molecular flexibility index (Phi) is 3.76. The Morgan fingerprint density at radius 3 is 1.18 bits per heavy atom. The lowest BCUT2D eigenvalue weighted by Gasteiger charge is -2.24. The lowest BCUT2D eigenvalue weighted by atomic mass is 9.78. The van der Waals surface area contributed by atoms with Gasteiger partial charge in [-0.15, -0.1) is 0 Å². The molecule has 0 fully saturated rings. The van der Waals surface area contributed by atoms with Crippen molar-refractivity contribution in [3.63, 3.8) is 0 Å². The van der Waals surface area contributed by atoms with Crippen LogP contribution in [-0.4, -0.2) is 0 Å². The SMILES string of the molecule is CC(C)(C)c1ccc2c(C#N)c(C(C)(C)C)ccc2c1C#N. The normalized spacial score (nSPS) is 12.0. The van der Waals surface area contributed by atoms with Crippen LogP contribution < -0.4 is 0 Å². The van der Waals surface area contributed by atoms with E-state index in [2.05, 4.69) is 53.7 Å². The smallest absolute Gasteiger partial charge is 0.100 e. The Bertz CT molecular complexity index is 745. The van der Waals surface area contributed by atoms with Crippen LogP contribution in [-0.2, 0) is 10.8 Å². The van der Waals surface area contributed by atoms with Crippen molar-refractivity contribution in [1.29, 1.82) is 10.5 Å². The van der Waals surface area contributed by atoms with E-state index in [1.165, 1.54) is 0 Å². The maximum Gasteiger partial charge on any atom is 0.100 e. The zero-order chi connectivity index (χ0) is 16.7. The topological polar surface area (TPSA) is 47.6 Å². The minimum Gasteiger partial charge on any atom is -0.192 e. The van der Waals surface area contributed by atoms with Gasteiger partial charge in [0, 0.05) is 10.8 Å². The van der Waals surface area contributed by atoms with E-state index < -0.39 is 0 Å². The molecule has 0 aliphatic carbocycles. The maximum absolute atomic E-state index is 9.64. The van der Waals surface area contributed by atoms with Gasteiger partial charge in [0.05, 0.1) is 11.1 Å². The summed E-state index contributed by atoms with van der Waals surface area (Å²) >= 11 is 0. The minimum absolute atomic E-state index is 0.102. The van der Waals surface area contributed by atoms with Crippen molar-refractivity contribution in [2.45, 2.75) is 52.4 Å². The Morgan fingerprint density at radius 1 is 0.636 bits per heavy atom. The van der Waals surface area contributed by atoms with Gasteiger partial charge < -0.3 is 0 Å². The molecule has 0 radical (unpaired) electrons. The van der Waals surface area contributed by atoms with Gasteiger partial charge in [-0.1, -0.05) is 65.8 Å². The Labute approximate surface area is 133 Å². The predicted molar refractivity (Wildman–Crippen MR) is 90.8 cm³/mol. The molecule has 112 valence electrons. The molecule has 0 aromatic heterocycles. The van der Waals surface area contributed by atoms with Gasteiger partial charge in [-0.3, -0.25) is 0 Å². The summed E-state index contributed by atoms with van der Waals surface area (Å²) in [5, 5.41) is 21.0. The number of fused-ring (bicyclic) bond motifs is 1. The lowest BCUT2D eigenvalue weighted by molar-refractivity contribution is 0.587. The van der Waals surface area contributed by atoms with Gasteiger partial charge in [0.1, 0.15) is 12.1 Å². The van der Waals surface area contributed by atoms with E-state index in [0.29, 0.717) is 11.1 Å². The van der Waals surface area contributed by atoms with Crippen molar-refractivity contribution in [2.24, 2.45) is 0 Å². The summed E-state index contributed by atoms with van der Waals surface area (Å²) in [5.74, 6) is 0. The zero-order valence-electron chi connectivity index (χ0n) is 14.2. The van der Waals surface area contributed by atoms with Crippen molar-refractivity contribution >= 4 is 10.8 Å². The van der Waals surface area contributed by atoms with Gasteiger partial charge in [0.15, 0.2) is 0 Å². The van der Waals surface area contributed by atoms with Gasteiger partial charge in [-0.05, 0) is 22.0 Å². The fourth-order valence-electron chi connectivity index (χ4n) is 2.90. The van der Waals surface area contributed by atoms with E-state index in [1.807, 2.05) is 24.3 Å². The zero-order valence-corrected chi connectivity index (χ0v) is 14.2. The van der Waals surface area contributed by atoms with Crippen molar-refractivity contribution in [3.05, 3.63) is 46.5 Å². The fourth-order valence-corrected chi connectivity index (χ4v) is 2.90. The van der Waals surface area contributed by atoms with Gasteiger partial charge >= 0.3 is 0 Å². The molecule has 0 spiro atoms. The predicted octanol–water partition coefficient (Wildman–Crippen LogP) is 5.18. The first-order valence-electron chi connectivity index (χ1n) is 7.52. The van der Waals surface area contributed by atoms with Crippen molar-refractivity contribution in [1.82, 2.24) is 0 Å². The molecule has 2 aromatic rings. The largest absolute Gasteiger partial charge is 0.192 e. The van der Waals surface area contributed by atoms with Crippen LogP contribution in [0.25, 0.3) is 10.8 Å². The summed E-state index contributed by atoms with van der Waals surface area (Å²) in [7, 11) is 0. The molecule has 2 rings (SSSR count). The number of hydrogen-bond acceptors (Lipinski definition) is 2. The second-order valence-corrected chi connectivity index (χ2v) is 7.79. The quantitative estimate of drug-likeness (QED) is 0.671. The molecule has 2 heteroatoms. The summed E-state index contributed by atoms with van der Waals surface area (Å²) in [4.78, 5) is 0. The highest BCUT2D eigenvalue weighted by Crippen LogP contribution is 2.36. The molecular formula is C20H22N2. The van der Waals surface area contributed by atoms with E-state index in [1.54, 1.807) is 0 Å². The maximum atomic E-state index is 9.64. The van der Waals surface area contributed by atoms with Gasteiger partial charge in [0.25, 0.3) is 0 Å². The molecule has 0 saturated heterocycles. The Hall–Kier alpha value is -2.32. The molecule has 0 unspecified atom stereocenters. The molecule has 0 bridgehead atoms. The number of hydrogen-bond donors (Lipinski definition) is 0. The van der Waals surface area contributed by atoms with Crippen LogP contribution in [0, 0.1) is 22.7 Å². The number of rotatable bonds is 0. The molecular weight excluding hydrogens is 268 g/mol. The molecule has 2 nitrogen and oxygen atoms in total. The molecule has 22 heavy (non-hydrogen) atoms. The molecule has 0 amide bonds. The Morgan fingerprint density at radius 2 is 0.955 bits per heavy atom. The average molecular weight is 290 g/mol. The van der Waals surface area contributed by atoms with E-state index in [4.69, 9.17) is 0 Å². The summed E-state index contributed by atoms with van der Waals surface area (Å²) in [5.41, 5.74) is 3.21. The van der Waals surface area contributed by atoms with E-state index >= 15 is 0 Å². The summed E-state index contributed by atoms with van der Waals surface area (Å²) in [6, 6.07) is 12.7. The highest BCUT2D eigenvalue weighted by atomic mass is 14.3. The Balaban J connectivity index is 2.95. The molecule has 0 atom stereocenters. The number of nitriles is 2. The van der Waals surface area contributed by atoms with Gasteiger partial charge in [-0.2, -0.15) is 10.5 Å². The minimum atomic E-state index is -0.102. The highest BCUT2D eigenvalue weighted by molar-refractivity contribution is 5.94. The van der Waals surface area contributed by atoms with Crippen LogP contribution >= 0.6 is 0 Å². The van der Waals surface area contributed by atoms with Crippen molar-refractivity contribution < 1.29 is 0 Å². The van der Waals surface area contributed by atoms with Gasteiger partial charge in [-0.25, -0.2) is 0 Å². The second kappa shape index (κ2) is 5.15. The van der Waals surface area contributed by atoms with E-state index in [-0.39, 0.29) is 10.8 Å². The van der Waals surface area contributed by atoms with E-state index in [9.17, 15) is 10.5 Å². The lowest BCUT2D eigenvalue weighted by Crippen LogP contribution is -2.15. The highest BCUT2D eigenvalue weighted by Gasteiger charge is 2.24. The monoisotopic (exact) mass is 290 g/mol. The van der Waals surface area contributed by atoms with Crippen LogP contribution in [0.15, 0.2) is 24.3 Å². The average Bonchev–Trinajstić information content (AvgIpc) is 2.42. The molecule has 0 saturated carbocycles. The van der Waals surface area contributed by atoms with Crippen LogP contribution in [0.5, 0.6) is 0 Å². The third-order valence-electron chi connectivity index (χ3n) is 4.04. The standard InChI is InChI=1S/C20H22N2/c1-19(2,3)17-9-7-14-13(15(17)11-21)8-10-18(16(14)12-22)20(4,5)6/h7-10H,1-6H3. The number of benzene rings is 2. The first-order valence-corrected chi connectivity index (χ1v) is 7.52. The third kappa shape index (κ3) is 2.58. The fraction of sp³-hybridized carbons (Fsp3) is 0.400. The molecule has 0 aliphatic rings. The van der Waals surface area contributed by atoms with Crippen molar-refractivity contribution in [3.8, 4) is 12.1 Å². The molecule has 0 N–H and O–H groups in total. The van der Waals surface area contributed by atoms with Crippen LogP contribution in [0.1, 0.15) is 63.8 Å². The second-order valence-electron chi connectivity index (χ2n) is 7.79. The first kappa shape index (κ1) is 16.1. The summed E-state index contributed by atoms with van der Waals surface area (Å²) < 4.78 is 0. The summed E-state index contributed by atoms with van der Waals surface area (Å²) in [6.07, 6.45) is 0. The van der Waals surface area contributed by atoms with Crippen LogP contribution in [0.2, 0.25) is 0 Å². The molecule has 0 aliphatic heterocycles. The molecule has 2 aromatic carbocycles. The first-order chi connectivity index (χ1) is 10.1. The van der Waals surface area contributed by atoms with Gasteiger partial charge in [0.2, 0.25) is 0 Å². The molecule has 0 heterocycles.